The summed E-state index contributed by atoms with van der Waals surface area (Å²) in [7, 11) is 2.41. The number of aromatic amines is 2. The molecule has 3 aliphatic rings. The van der Waals surface area contributed by atoms with E-state index < -0.39 is 29.6 Å². The van der Waals surface area contributed by atoms with Gasteiger partial charge < -0.3 is 29.3 Å². The van der Waals surface area contributed by atoms with Crippen molar-refractivity contribution >= 4 is 57.2 Å². The largest absolute Gasteiger partial charge is 0.469 e. The van der Waals surface area contributed by atoms with Crippen LogP contribution in [0.15, 0.2) is 24.8 Å². The van der Waals surface area contributed by atoms with Crippen molar-refractivity contribution in [2.45, 2.75) is 71.5 Å². The quantitative estimate of drug-likeness (QED) is 0.225. The van der Waals surface area contributed by atoms with Crippen molar-refractivity contribution in [2.75, 3.05) is 14.2 Å². The van der Waals surface area contributed by atoms with Gasteiger partial charge in [-0.25, -0.2) is 14.6 Å². The van der Waals surface area contributed by atoms with Crippen LogP contribution >= 0.6 is 0 Å². The highest BCUT2D eigenvalue weighted by Gasteiger charge is 2.55. The van der Waals surface area contributed by atoms with Gasteiger partial charge in [0.05, 0.1) is 42.4 Å². The van der Waals surface area contributed by atoms with E-state index in [-0.39, 0.29) is 41.3 Å². The second-order valence-electron chi connectivity index (χ2n) is 12.2. The normalized spacial score (nSPS) is 20.2. The molecule has 3 N–H and O–H groups in total. The standard InChI is InChI=1S/C36H38N4O7/c1-9-20-16(3)23-13-25-18(5)22(11-12-29(41)45-7)32(39-25)31-33-30(34(42)47-36(31,44)35(43)46-8)19(6)26(40-33)15-28-21(10-2)17(4)24(38-28)14-27(20)37-23/h9,13-15,18,22,37-38,44H,1,10-12H2,2-8H3/t18?,22-,36?/m0/s1. The van der Waals surface area contributed by atoms with Gasteiger partial charge in [0.1, 0.15) is 0 Å². The Morgan fingerprint density at radius 1 is 1.04 bits per heavy atom. The van der Waals surface area contributed by atoms with Crippen molar-refractivity contribution in [2.24, 2.45) is 0 Å². The molecule has 0 saturated heterocycles. The molecule has 11 nitrogen and oxygen atoms in total. The molecule has 47 heavy (non-hydrogen) atoms. The van der Waals surface area contributed by atoms with Gasteiger partial charge in [0.25, 0.3) is 0 Å². The second kappa shape index (κ2) is 11.6. The third-order valence-electron chi connectivity index (χ3n) is 9.76. The Kier molecular flexibility index (Phi) is 7.91. The van der Waals surface area contributed by atoms with Crippen molar-refractivity contribution in [3.8, 4) is 0 Å². The number of nitrogens with zero attached hydrogens (tertiary/aromatic N) is 2. The number of aromatic nitrogens is 4. The molecular weight excluding hydrogens is 600 g/mol. The summed E-state index contributed by atoms with van der Waals surface area (Å²) >= 11 is 0. The second-order valence-corrected chi connectivity index (χ2v) is 12.2. The Labute approximate surface area is 271 Å². The molecule has 3 atom stereocenters. The molecule has 11 heteroatoms. The highest BCUT2D eigenvalue weighted by Crippen LogP contribution is 2.49. The Balaban J connectivity index is 1.84. The number of cyclic esters (lactones) is 1. The first-order valence-electron chi connectivity index (χ1n) is 15.6. The Morgan fingerprint density at radius 2 is 1.74 bits per heavy atom. The summed E-state index contributed by atoms with van der Waals surface area (Å²) in [6.07, 6.45) is 2.87. The van der Waals surface area contributed by atoms with Crippen LogP contribution in [0.5, 0.6) is 0 Å². The van der Waals surface area contributed by atoms with Crippen LogP contribution in [0.3, 0.4) is 0 Å². The van der Waals surface area contributed by atoms with Crippen LogP contribution in [0.1, 0.15) is 96.0 Å². The van der Waals surface area contributed by atoms with Gasteiger partial charge in [0, 0.05) is 51.6 Å². The number of allylic oxidation sites excluding steroid dienone is 1. The number of hydrogen-bond donors (Lipinski definition) is 3. The molecule has 0 spiro atoms. The number of fused-ring (bicyclic) bond motifs is 8. The van der Waals surface area contributed by atoms with Crippen molar-refractivity contribution in [1.82, 2.24) is 19.9 Å². The zero-order chi connectivity index (χ0) is 33.9. The zero-order valence-corrected chi connectivity index (χ0v) is 27.6. The lowest BCUT2D eigenvalue weighted by atomic mass is 9.82. The van der Waals surface area contributed by atoms with E-state index in [1.807, 2.05) is 32.1 Å². The van der Waals surface area contributed by atoms with Crippen molar-refractivity contribution in [1.29, 1.82) is 0 Å². The van der Waals surface area contributed by atoms with Crippen molar-refractivity contribution in [3.63, 3.8) is 0 Å². The van der Waals surface area contributed by atoms with Crippen LogP contribution in [0.2, 0.25) is 0 Å². The number of carbonyl (C=O) groups excluding carboxylic acids is 3. The Morgan fingerprint density at radius 3 is 2.40 bits per heavy atom. The maximum Gasteiger partial charge on any atom is 0.384 e. The van der Waals surface area contributed by atoms with Gasteiger partial charge >= 0.3 is 23.7 Å². The third-order valence-corrected chi connectivity index (χ3v) is 9.76. The highest BCUT2D eigenvalue weighted by atomic mass is 16.7. The summed E-state index contributed by atoms with van der Waals surface area (Å²) in [6, 6.07) is 5.85. The molecule has 3 aromatic rings. The number of carbonyl (C=O) groups is 3. The van der Waals surface area contributed by atoms with E-state index in [0.29, 0.717) is 17.0 Å². The van der Waals surface area contributed by atoms with E-state index in [1.165, 1.54) is 7.11 Å². The summed E-state index contributed by atoms with van der Waals surface area (Å²) in [4.78, 5) is 56.2. The molecule has 0 aliphatic carbocycles. The lowest BCUT2D eigenvalue weighted by Gasteiger charge is -2.32. The first-order valence-corrected chi connectivity index (χ1v) is 15.6. The van der Waals surface area contributed by atoms with E-state index in [9.17, 15) is 19.5 Å². The van der Waals surface area contributed by atoms with Crippen LogP contribution in [-0.2, 0) is 40.8 Å². The summed E-state index contributed by atoms with van der Waals surface area (Å²) in [6.45, 7) is 13.9. The fourth-order valence-corrected chi connectivity index (χ4v) is 7.05. The minimum absolute atomic E-state index is 0.0518. The predicted octanol–water partition coefficient (Wildman–Crippen LogP) is 5.78. The summed E-state index contributed by atoms with van der Waals surface area (Å²) < 4.78 is 15.5. The Bertz CT molecular complexity index is 2090. The molecule has 6 rings (SSSR count). The van der Waals surface area contributed by atoms with Gasteiger partial charge in [-0.1, -0.05) is 26.5 Å². The van der Waals surface area contributed by atoms with E-state index in [0.717, 1.165) is 57.9 Å². The maximum absolute atomic E-state index is 13.5. The molecule has 2 unspecified atom stereocenters. The fraction of sp³-hybridized carbons (Fsp3) is 0.361. The Hall–Kier alpha value is -5.03. The van der Waals surface area contributed by atoms with Crippen LogP contribution < -0.4 is 0 Å². The third kappa shape index (κ3) is 4.88. The van der Waals surface area contributed by atoms with Crippen LogP contribution in [0.25, 0.3) is 39.3 Å². The molecule has 3 aromatic heterocycles. The van der Waals surface area contributed by atoms with E-state index >= 15 is 0 Å². The first kappa shape index (κ1) is 31.9. The van der Waals surface area contributed by atoms with Gasteiger partial charge in [-0.2, -0.15) is 0 Å². The number of H-pyrrole nitrogens is 2. The number of nitrogens with one attached hydrogen (secondary N) is 2. The number of aliphatic hydroxyl groups is 1. The molecule has 6 heterocycles. The molecule has 0 saturated carbocycles. The van der Waals surface area contributed by atoms with E-state index in [4.69, 9.17) is 24.2 Å². The monoisotopic (exact) mass is 638 g/mol. The number of hydrogen-bond acceptors (Lipinski definition) is 9. The fourth-order valence-electron chi connectivity index (χ4n) is 7.05. The van der Waals surface area contributed by atoms with E-state index in [2.05, 4.69) is 36.5 Å². The number of methoxy groups -OCH3 is 2. The smallest absolute Gasteiger partial charge is 0.384 e. The number of aryl methyl sites for hydroxylation is 3. The van der Waals surface area contributed by atoms with Crippen LogP contribution in [-0.4, -0.2) is 57.2 Å². The highest BCUT2D eigenvalue weighted by molar-refractivity contribution is 6.27. The van der Waals surface area contributed by atoms with Gasteiger partial charge in [-0.3, -0.25) is 9.78 Å². The summed E-state index contributed by atoms with van der Waals surface area (Å²) in [5.41, 5.74) is 9.44. The summed E-state index contributed by atoms with van der Waals surface area (Å²) in [5.74, 6) is -6.13. The minimum atomic E-state index is -2.84. The first-order chi connectivity index (χ1) is 22.4. The minimum Gasteiger partial charge on any atom is -0.469 e. The molecule has 0 radical (unpaired) electrons. The van der Waals surface area contributed by atoms with Crippen molar-refractivity contribution < 1.29 is 33.7 Å². The number of ether oxygens (including phenoxy) is 3. The SMILES string of the molecule is C=Cc1c(C)c2cc3nc(c4c5nc(cc6[nH]c(cc1[nH]2)c(C)c6CC)C(C)=C5C(=O)OC4(O)C(=O)OC)[C@@H](CCC(=O)OC)C3C. The summed E-state index contributed by atoms with van der Waals surface area (Å²) in [5, 5.41) is 12.0. The molecule has 3 aliphatic heterocycles. The van der Waals surface area contributed by atoms with Gasteiger partial charge in [-0.05, 0) is 74.1 Å². The molecule has 0 fully saturated rings. The van der Waals surface area contributed by atoms with Gasteiger partial charge in [0.2, 0.25) is 0 Å². The van der Waals surface area contributed by atoms with Crippen molar-refractivity contribution in [3.05, 3.63) is 75.4 Å². The lowest BCUT2D eigenvalue weighted by molar-refractivity contribution is -0.228. The molecule has 0 amide bonds. The number of esters is 3. The van der Waals surface area contributed by atoms with Gasteiger partial charge in [0.15, 0.2) is 0 Å². The molecule has 8 bridgehead atoms. The number of rotatable bonds is 6. The molecule has 0 aromatic carbocycles. The molecule has 244 valence electrons. The zero-order valence-electron chi connectivity index (χ0n) is 27.6. The topological polar surface area (TPSA) is 156 Å². The van der Waals surface area contributed by atoms with E-state index in [1.54, 1.807) is 6.92 Å². The average molecular weight is 639 g/mol. The lowest BCUT2D eigenvalue weighted by Crippen LogP contribution is -2.46. The van der Waals surface area contributed by atoms with Crippen LogP contribution in [0, 0.1) is 13.8 Å². The van der Waals surface area contributed by atoms with Gasteiger partial charge in [-0.15, -0.1) is 0 Å². The molecular formula is C36H38N4O7. The predicted molar refractivity (Wildman–Crippen MR) is 177 cm³/mol. The average Bonchev–Trinajstić information content (AvgIpc) is 3.72. The van der Waals surface area contributed by atoms with Crippen LogP contribution in [0.4, 0.5) is 0 Å². The maximum atomic E-state index is 13.5.